The van der Waals surface area contributed by atoms with Crippen LogP contribution < -0.4 is 4.90 Å². The molecule has 0 saturated carbocycles. The highest BCUT2D eigenvalue weighted by atomic mass is 19.1. The van der Waals surface area contributed by atoms with E-state index in [1.54, 1.807) is 10.8 Å². The van der Waals surface area contributed by atoms with Crippen LogP contribution in [0.15, 0.2) is 42.7 Å². The van der Waals surface area contributed by atoms with Gasteiger partial charge in [-0.25, -0.2) is 4.39 Å². The fourth-order valence-electron chi connectivity index (χ4n) is 2.87. The normalized spacial score (nSPS) is 16.1. The number of rotatable bonds is 3. The average molecular weight is 312 g/mol. The second-order valence-electron chi connectivity index (χ2n) is 5.71. The molecule has 0 spiro atoms. The maximum Gasteiger partial charge on any atom is 0.177 e. The van der Waals surface area contributed by atoms with Crippen LogP contribution in [0, 0.1) is 5.82 Å². The zero-order valence-corrected chi connectivity index (χ0v) is 12.6. The van der Waals surface area contributed by atoms with Crippen molar-refractivity contribution in [3.63, 3.8) is 0 Å². The minimum absolute atomic E-state index is 0.186. The van der Waals surface area contributed by atoms with Crippen molar-refractivity contribution >= 4 is 11.5 Å². The van der Waals surface area contributed by atoms with Crippen molar-refractivity contribution < 1.29 is 4.39 Å². The largest absolute Gasteiger partial charge is 0.353 e. The number of aromatic nitrogens is 4. The molecule has 0 atom stereocenters. The van der Waals surface area contributed by atoms with Crippen molar-refractivity contribution in [3.8, 4) is 0 Å². The van der Waals surface area contributed by atoms with Crippen LogP contribution in [0.4, 0.5) is 10.2 Å². The number of fused-ring (bicyclic) bond motifs is 1. The summed E-state index contributed by atoms with van der Waals surface area (Å²) in [6.45, 7) is 4.61. The first kappa shape index (κ1) is 14.1. The lowest BCUT2D eigenvalue weighted by Crippen LogP contribution is -2.46. The molecule has 7 heteroatoms. The summed E-state index contributed by atoms with van der Waals surface area (Å²) in [4.78, 5) is 4.64. The molecule has 0 N–H and O–H groups in total. The van der Waals surface area contributed by atoms with E-state index in [9.17, 15) is 4.39 Å². The van der Waals surface area contributed by atoms with E-state index in [1.165, 1.54) is 12.1 Å². The molecule has 0 radical (unpaired) electrons. The molecule has 0 amide bonds. The quantitative estimate of drug-likeness (QED) is 0.735. The van der Waals surface area contributed by atoms with Gasteiger partial charge in [-0.3, -0.25) is 4.90 Å². The van der Waals surface area contributed by atoms with Crippen molar-refractivity contribution in [1.82, 2.24) is 24.7 Å². The first-order valence-corrected chi connectivity index (χ1v) is 7.67. The van der Waals surface area contributed by atoms with Crippen molar-refractivity contribution in [2.45, 2.75) is 6.54 Å². The fourth-order valence-corrected chi connectivity index (χ4v) is 2.87. The van der Waals surface area contributed by atoms with Crippen LogP contribution in [0.2, 0.25) is 0 Å². The molecule has 0 unspecified atom stereocenters. The maximum absolute atomic E-state index is 13.0. The summed E-state index contributed by atoms with van der Waals surface area (Å²) in [6, 6.07) is 10.7. The van der Waals surface area contributed by atoms with Crippen LogP contribution in [0.1, 0.15) is 5.56 Å². The third-order valence-electron chi connectivity index (χ3n) is 4.16. The molecule has 1 aromatic carbocycles. The lowest BCUT2D eigenvalue weighted by molar-refractivity contribution is 0.249. The SMILES string of the molecule is Fc1ccc(CN2CCN(c3ccc4nncn4n3)CC2)cc1. The van der Waals surface area contributed by atoms with Crippen LogP contribution in [0.3, 0.4) is 0 Å². The van der Waals surface area contributed by atoms with Gasteiger partial charge in [-0.2, -0.15) is 4.52 Å². The predicted molar refractivity (Wildman–Crippen MR) is 84.7 cm³/mol. The summed E-state index contributed by atoms with van der Waals surface area (Å²) in [5, 5.41) is 12.4. The van der Waals surface area contributed by atoms with Gasteiger partial charge in [0, 0.05) is 32.7 Å². The fraction of sp³-hybridized carbons (Fsp3) is 0.312. The molecule has 6 nitrogen and oxygen atoms in total. The molecule has 1 fully saturated rings. The van der Waals surface area contributed by atoms with E-state index in [2.05, 4.69) is 25.1 Å². The van der Waals surface area contributed by atoms with Crippen molar-refractivity contribution in [1.29, 1.82) is 0 Å². The highest BCUT2D eigenvalue weighted by Crippen LogP contribution is 2.15. The summed E-state index contributed by atoms with van der Waals surface area (Å²) >= 11 is 0. The first-order chi connectivity index (χ1) is 11.3. The van der Waals surface area contributed by atoms with E-state index < -0.39 is 0 Å². The summed E-state index contributed by atoms with van der Waals surface area (Å²) in [5.41, 5.74) is 1.90. The molecular formula is C16H17FN6. The Morgan fingerprint density at radius 3 is 2.52 bits per heavy atom. The Balaban J connectivity index is 1.39. The van der Waals surface area contributed by atoms with Crippen LogP contribution in [-0.2, 0) is 6.54 Å². The molecule has 3 heterocycles. The lowest BCUT2D eigenvalue weighted by Gasteiger charge is -2.35. The van der Waals surface area contributed by atoms with E-state index >= 15 is 0 Å². The molecule has 4 rings (SSSR count). The standard InChI is InChI=1S/C16H17FN6/c17-14-3-1-13(2-4-14)11-21-7-9-22(10-8-21)16-6-5-15-19-18-12-23(15)20-16/h1-6,12H,7-11H2. The first-order valence-electron chi connectivity index (χ1n) is 7.67. The van der Waals surface area contributed by atoms with Crippen LogP contribution in [-0.4, -0.2) is 50.9 Å². The Labute approximate surface area is 133 Å². The average Bonchev–Trinajstić information content (AvgIpc) is 3.05. The van der Waals surface area contributed by atoms with Crippen LogP contribution >= 0.6 is 0 Å². The van der Waals surface area contributed by atoms with Gasteiger partial charge >= 0.3 is 0 Å². The zero-order valence-electron chi connectivity index (χ0n) is 12.6. The number of halogens is 1. The van der Waals surface area contributed by atoms with E-state index in [0.717, 1.165) is 49.8 Å². The van der Waals surface area contributed by atoms with Crippen LogP contribution in [0.5, 0.6) is 0 Å². The maximum atomic E-state index is 13.0. The topological polar surface area (TPSA) is 49.6 Å². The van der Waals surface area contributed by atoms with Crippen molar-refractivity contribution in [2.24, 2.45) is 0 Å². The monoisotopic (exact) mass is 312 g/mol. The number of hydrogen-bond acceptors (Lipinski definition) is 5. The summed E-state index contributed by atoms with van der Waals surface area (Å²) in [7, 11) is 0. The summed E-state index contributed by atoms with van der Waals surface area (Å²) in [5.74, 6) is 0.757. The molecule has 2 aromatic heterocycles. The summed E-state index contributed by atoms with van der Waals surface area (Å²) < 4.78 is 14.6. The number of anilines is 1. The Bertz CT molecular complexity index is 792. The Morgan fingerprint density at radius 1 is 0.957 bits per heavy atom. The van der Waals surface area contributed by atoms with Gasteiger partial charge in [0.1, 0.15) is 18.0 Å². The van der Waals surface area contributed by atoms with Gasteiger partial charge in [0.15, 0.2) is 5.65 Å². The highest BCUT2D eigenvalue weighted by molar-refractivity contribution is 5.45. The third kappa shape index (κ3) is 3.00. The molecule has 3 aromatic rings. The predicted octanol–water partition coefficient (Wildman–Crippen LogP) is 1.59. The van der Waals surface area contributed by atoms with E-state index in [0.29, 0.717) is 0 Å². The van der Waals surface area contributed by atoms with Gasteiger partial charge in [-0.15, -0.1) is 15.3 Å². The Morgan fingerprint density at radius 2 is 1.74 bits per heavy atom. The van der Waals surface area contributed by atoms with Crippen molar-refractivity contribution in [3.05, 3.63) is 54.1 Å². The molecule has 1 aliphatic heterocycles. The van der Waals surface area contributed by atoms with Crippen molar-refractivity contribution in [2.75, 3.05) is 31.1 Å². The lowest BCUT2D eigenvalue weighted by atomic mass is 10.2. The van der Waals surface area contributed by atoms with Gasteiger partial charge < -0.3 is 4.90 Å². The molecule has 118 valence electrons. The Kier molecular flexibility index (Phi) is 3.63. The second-order valence-corrected chi connectivity index (χ2v) is 5.71. The molecule has 1 aliphatic rings. The molecule has 23 heavy (non-hydrogen) atoms. The number of hydrogen-bond donors (Lipinski definition) is 0. The van der Waals surface area contributed by atoms with Gasteiger partial charge in [0.05, 0.1) is 0 Å². The van der Waals surface area contributed by atoms with Gasteiger partial charge in [-0.05, 0) is 29.8 Å². The highest BCUT2D eigenvalue weighted by Gasteiger charge is 2.18. The molecule has 0 aliphatic carbocycles. The van der Waals surface area contributed by atoms with Gasteiger partial charge in [0.2, 0.25) is 0 Å². The summed E-state index contributed by atoms with van der Waals surface area (Å²) in [6.07, 6.45) is 1.61. The minimum atomic E-state index is -0.186. The molecule has 0 bridgehead atoms. The van der Waals surface area contributed by atoms with Crippen LogP contribution in [0.25, 0.3) is 5.65 Å². The number of nitrogens with zero attached hydrogens (tertiary/aromatic N) is 6. The van der Waals surface area contributed by atoms with E-state index in [4.69, 9.17) is 0 Å². The second kappa shape index (κ2) is 5.92. The van der Waals surface area contributed by atoms with Gasteiger partial charge in [-0.1, -0.05) is 12.1 Å². The molecule has 1 saturated heterocycles. The number of benzene rings is 1. The molecular weight excluding hydrogens is 295 g/mol. The minimum Gasteiger partial charge on any atom is -0.353 e. The number of piperazine rings is 1. The smallest absolute Gasteiger partial charge is 0.177 e. The third-order valence-corrected chi connectivity index (χ3v) is 4.16. The Hall–Kier alpha value is -2.54. The van der Waals surface area contributed by atoms with E-state index in [1.807, 2.05) is 24.3 Å². The van der Waals surface area contributed by atoms with E-state index in [-0.39, 0.29) is 5.82 Å². The van der Waals surface area contributed by atoms with Gasteiger partial charge in [0.25, 0.3) is 0 Å². The zero-order chi connectivity index (χ0) is 15.6.